The number of nitrogens with one attached hydrogen (secondary N) is 1. The van der Waals surface area contributed by atoms with Gasteiger partial charge < -0.3 is 15.3 Å². The van der Waals surface area contributed by atoms with Crippen molar-refractivity contribution in [3.63, 3.8) is 0 Å². The Morgan fingerprint density at radius 1 is 1.50 bits per heavy atom. The maximum atomic E-state index is 12.5. The minimum absolute atomic E-state index is 0.127. The van der Waals surface area contributed by atoms with Crippen molar-refractivity contribution in [1.82, 2.24) is 10.2 Å². The molecule has 2 aliphatic rings. The first kappa shape index (κ1) is 13.3. The molecule has 5 nitrogen and oxygen atoms in total. The van der Waals surface area contributed by atoms with E-state index >= 15 is 0 Å². The predicted molar refractivity (Wildman–Crippen MR) is 67.2 cm³/mol. The summed E-state index contributed by atoms with van der Waals surface area (Å²) >= 11 is 0. The highest BCUT2D eigenvalue weighted by Crippen LogP contribution is 2.29. The zero-order valence-electron chi connectivity index (χ0n) is 10.9. The lowest BCUT2D eigenvalue weighted by atomic mass is 9.92. The highest BCUT2D eigenvalue weighted by atomic mass is 16.4. The van der Waals surface area contributed by atoms with E-state index in [1.165, 1.54) is 0 Å². The molecule has 18 heavy (non-hydrogen) atoms. The quantitative estimate of drug-likeness (QED) is 0.780. The number of aliphatic carboxylic acids is 1. The molecule has 2 unspecified atom stereocenters. The molecule has 2 N–H and O–H groups in total. The fraction of sp³-hybridized carbons (Fsp3) is 0.846. The number of hydrogen-bond donors (Lipinski definition) is 2. The Hall–Kier alpha value is -1.10. The van der Waals surface area contributed by atoms with Gasteiger partial charge >= 0.3 is 5.97 Å². The summed E-state index contributed by atoms with van der Waals surface area (Å²) in [5.74, 6) is -0.462. The molecule has 2 fully saturated rings. The van der Waals surface area contributed by atoms with Crippen molar-refractivity contribution in [3.8, 4) is 0 Å². The van der Waals surface area contributed by atoms with Gasteiger partial charge in [-0.3, -0.25) is 9.59 Å². The van der Waals surface area contributed by atoms with E-state index < -0.39 is 5.97 Å². The molecule has 0 aliphatic carbocycles. The zero-order valence-corrected chi connectivity index (χ0v) is 10.9. The van der Waals surface area contributed by atoms with E-state index in [9.17, 15) is 9.59 Å². The van der Waals surface area contributed by atoms with E-state index in [1.54, 1.807) is 0 Å². The summed E-state index contributed by atoms with van der Waals surface area (Å²) in [6, 6.07) is 0. The van der Waals surface area contributed by atoms with Crippen molar-refractivity contribution in [2.75, 3.05) is 19.6 Å². The van der Waals surface area contributed by atoms with Gasteiger partial charge in [0.1, 0.15) is 0 Å². The second kappa shape index (κ2) is 5.26. The van der Waals surface area contributed by atoms with Gasteiger partial charge in [0.2, 0.25) is 5.91 Å². The van der Waals surface area contributed by atoms with Crippen LogP contribution >= 0.6 is 0 Å². The Balaban J connectivity index is 1.96. The molecule has 1 amide bonds. The van der Waals surface area contributed by atoms with E-state index in [0.29, 0.717) is 13.1 Å². The lowest BCUT2D eigenvalue weighted by Gasteiger charge is -2.31. The average molecular weight is 254 g/mol. The van der Waals surface area contributed by atoms with E-state index in [4.69, 9.17) is 5.11 Å². The fourth-order valence-corrected chi connectivity index (χ4v) is 3.18. The first-order valence-electron chi connectivity index (χ1n) is 6.83. The van der Waals surface area contributed by atoms with E-state index in [0.717, 1.165) is 32.2 Å². The first-order valence-corrected chi connectivity index (χ1v) is 6.83. The number of nitrogens with zero attached hydrogens (tertiary/aromatic N) is 1. The Morgan fingerprint density at radius 2 is 2.28 bits per heavy atom. The van der Waals surface area contributed by atoms with Crippen LogP contribution in [-0.2, 0) is 9.59 Å². The molecule has 5 heteroatoms. The number of carboxylic acid groups (broad SMARTS) is 1. The molecule has 0 aromatic carbocycles. The van der Waals surface area contributed by atoms with Gasteiger partial charge in [0.15, 0.2) is 0 Å². The molecular formula is C13H22N2O3. The molecule has 0 aromatic rings. The maximum Gasteiger partial charge on any atom is 0.303 e. The van der Waals surface area contributed by atoms with Gasteiger partial charge in [-0.05, 0) is 38.1 Å². The van der Waals surface area contributed by atoms with E-state index in [1.807, 2.05) is 11.8 Å². The van der Waals surface area contributed by atoms with Crippen LogP contribution in [0.4, 0.5) is 0 Å². The number of hydrogen-bond acceptors (Lipinski definition) is 3. The summed E-state index contributed by atoms with van der Waals surface area (Å²) in [7, 11) is 0. The summed E-state index contributed by atoms with van der Waals surface area (Å²) in [5, 5.41) is 12.1. The summed E-state index contributed by atoms with van der Waals surface area (Å²) in [6.45, 7) is 4.27. The number of amides is 1. The van der Waals surface area contributed by atoms with Crippen molar-refractivity contribution < 1.29 is 14.7 Å². The Morgan fingerprint density at radius 3 is 2.83 bits per heavy atom. The van der Waals surface area contributed by atoms with Crippen LogP contribution in [0.5, 0.6) is 0 Å². The largest absolute Gasteiger partial charge is 0.481 e. The summed E-state index contributed by atoms with van der Waals surface area (Å²) < 4.78 is 0. The molecule has 0 radical (unpaired) electrons. The molecule has 2 saturated heterocycles. The minimum Gasteiger partial charge on any atom is -0.481 e. The molecule has 2 atom stereocenters. The normalized spacial score (nSPS) is 31.8. The fourth-order valence-electron chi connectivity index (χ4n) is 3.18. The third-order valence-corrected chi connectivity index (χ3v) is 4.29. The molecule has 102 valence electrons. The number of rotatable bonds is 4. The molecule has 2 aliphatic heterocycles. The van der Waals surface area contributed by atoms with Gasteiger partial charge in [0.05, 0.1) is 5.54 Å². The number of carbonyl (C=O) groups is 2. The van der Waals surface area contributed by atoms with Gasteiger partial charge in [-0.1, -0.05) is 6.92 Å². The number of carbonyl (C=O) groups excluding carboxylic acids is 1. The van der Waals surface area contributed by atoms with Crippen LogP contribution in [0.15, 0.2) is 0 Å². The van der Waals surface area contributed by atoms with Gasteiger partial charge in [0, 0.05) is 19.5 Å². The van der Waals surface area contributed by atoms with Gasteiger partial charge in [-0.25, -0.2) is 0 Å². The van der Waals surface area contributed by atoms with Crippen molar-refractivity contribution in [2.45, 2.75) is 44.6 Å². The van der Waals surface area contributed by atoms with Gasteiger partial charge in [-0.2, -0.15) is 0 Å². The van der Waals surface area contributed by atoms with Crippen LogP contribution in [0.1, 0.15) is 39.0 Å². The maximum absolute atomic E-state index is 12.5. The SMILES string of the molecule is CCC1(C(=O)N2CCC(CC(=O)O)C2)CCCN1. The third-order valence-electron chi connectivity index (χ3n) is 4.29. The molecule has 0 bridgehead atoms. The second-order valence-corrected chi connectivity index (χ2v) is 5.47. The molecule has 0 aromatic heterocycles. The van der Waals surface area contributed by atoms with Gasteiger partial charge in [0.25, 0.3) is 0 Å². The number of carboxylic acids is 1. The second-order valence-electron chi connectivity index (χ2n) is 5.47. The molecule has 2 heterocycles. The first-order chi connectivity index (χ1) is 8.57. The molecule has 2 rings (SSSR count). The van der Waals surface area contributed by atoms with Crippen molar-refractivity contribution in [1.29, 1.82) is 0 Å². The molecule has 0 spiro atoms. The van der Waals surface area contributed by atoms with Crippen LogP contribution < -0.4 is 5.32 Å². The summed E-state index contributed by atoms with van der Waals surface area (Å²) in [5.41, 5.74) is -0.377. The van der Waals surface area contributed by atoms with Crippen LogP contribution in [0, 0.1) is 5.92 Å². The standard InChI is InChI=1S/C13H22N2O3/c1-2-13(5-3-6-14-13)12(18)15-7-4-10(9-15)8-11(16)17/h10,14H,2-9H2,1H3,(H,16,17). The lowest BCUT2D eigenvalue weighted by Crippen LogP contribution is -2.54. The van der Waals surface area contributed by atoms with E-state index in [2.05, 4.69) is 5.32 Å². The average Bonchev–Trinajstić information content (AvgIpc) is 2.96. The Labute approximate surface area is 108 Å². The highest BCUT2D eigenvalue weighted by molar-refractivity contribution is 5.87. The lowest BCUT2D eigenvalue weighted by molar-refractivity contribution is -0.139. The Bertz CT molecular complexity index is 337. The molecule has 0 saturated carbocycles. The summed E-state index contributed by atoms with van der Waals surface area (Å²) in [4.78, 5) is 25.1. The van der Waals surface area contributed by atoms with Crippen LogP contribution in [-0.4, -0.2) is 47.1 Å². The summed E-state index contributed by atoms with van der Waals surface area (Å²) in [6.07, 6.45) is 3.76. The van der Waals surface area contributed by atoms with Crippen molar-refractivity contribution >= 4 is 11.9 Å². The van der Waals surface area contributed by atoms with Crippen LogP contribution in [0.2, 0.25) is 0 Å². The monoisotopic (exact) mass is 254 g/mol. The third kappa shape index (κ3) is 2.51. The van der Waals surface area contributed by atoms with Crippen molar-refractivity contribution in [2.24, 2.45) is 5.92 Å². The smallest absolute Gasteiger partial charge is 0.303 e. The van der Waals surface area contributed by atoms with E-state index in [-0.39, 0.29) is 23.8 Å². The predicted octanol–water partition coefficient (Wildman–Crippen LogP) is 0.842. The highest BCUT2D eigenvalue weighted by Gasteiger charge is 2.43. The zero-order chi connectivity index (χ0) is 13.2. The van der Waals surface area contributed by atoms with Gasteiger partial charge in [-0.15, -0.1) is 0 Å². The Kier molecular flexibility index (Phi) is 3.90. The minimum atomic E-state index is -0.765. The molecular weight excluding hydrogens is 232 g/mol. The topological polar surface area (TPSA) is 69.6 Å². The number of likely N-dealkylation sites (tertiary alicyclic amines) is 1. The van der Waals surface area contributed by atoms with Crippen molar-refractivity contribution in [3.05, 3.63) is 0 Å². The van der Waals surface area contributed by atoms with Crippen LogP contribution in [0.3, 0.4) is 0 Å². The van der Waals surface area contributed by atoms with Crippen LogP contribution in [0.25, 0.3) is 0 Å².